The SMILES string of the molecule is OCCOCc1cccc(C(F)(F)F)c1. The molecule has 0 fully saturated rings. The van der Waals surface area contributed by atoms with Crippen LogP contribution in [0.1, 0.15) is 11.1 Å². The molecule has 0 aliphatic rings. The van der Waals surface area contributed by atoms with Crippen LogP contribution in [-0.4, -0.2) is 18.3 Å². The lowest BCUT2D eigenvalue weighted by molar-refractivity contribution is -0.137. The molecule has 0 aromatic heterocycles. The van der Waals surface area contributed by atoms with Gasteiger partial charge >= 0.3 is 6.18 Å². The standard InChI is InChI=1S/C10H11F3O2/c11-10(12,13)9-3-1-2-8(6-9)7-15-5-4-14/h1-3,6,14H,4-5,7H2. The predicted molar refractivity (Wildman–Crippen MR) is 48.2 cm³/mol. The highest BCUT2D eigenvalue weighted by Crippen LogP contribution is 2.29. The zero-order valence-electron chi connectivity index (χ0n) is 7.92. The average Bonchev–Trinajstić information content (AvgIpc) is 2.17. The molecule has 15 heavy (non-hydrogen) atoms. The highest BCUT2D eigenvalue weighted by Gasteiger charge is 2.30. The van der Waals surface area contributed by atoms with Gasteiger partial charge in [-0.05, 0) is 17.7 Å². The van der Waals surface area contributed by atoms with E-state index in [1.165, 1.54) is 6.07 Å². The predicted octanol–water partition coefficient (Wildman–Crippen LogP) is 2.21. The Hall–Kier alpha value is -1.07. The van der Waals surface area contributed by atoms with Crippen LogP contribution < -0.4 is 0 Å². The number of benzene rings is 1. The van der Waals surface area contributed by atoms with Crippen molar-refractivity contribution in [2.24, 2.45) is 0 Å². The molecule has 0 radical (unpaired) electrons. The Bertz CT molecular complexity index is 310. The van der Waals surface area contributed by atoms with Crippen molar-refractivity contribution >= 4 is 0 Å². The Morgan fingerprint density at radius 2 is 2.00 bits per heavy atom. The molecule has 0 spiro atoms. The molecule has 1 rings (SSSR count). The Kier molecular flexibility index (Phi) is 4.11. The number of hydrogen-bond acceptors (Lipinski definition) is 2. The maximum Gasteiger partial charge on any atom is 0.416 e. The van der Waals surface area contributed by atoms with Gasteiger partial charge in [-0.3, -0.25) is 0 Å². The lowest BCUT2D eigenvalue weighted by Gasteiger charge is -2.08. The summed E-state index contributed by atoms with van der Waals surface area (Å²) in [4.78, 5) is 0. The van der Waals surface area contributed by atoms with E-state index in [1.807, 2.05) is 0 Å². The molecule has 0 saturated heterocycles. The maximum absolute atomic E-state index is 12.3. The number of ether oxygens (including phenoxy) is 1. The summed E-state index contributed by atoms with van der Waals surface area (Å²) in [6.45, 7) is 0.0552. The van der Waals surface area contributed by atoms with Gasteiger partial charge < -0.3 is 9.84 Å². The van der Waals surface area contributed by atoms with Crippen molar-refractivity contribution in [1.29, 1.82) is 0 Å². The molecule has 1 aromatic rings. The van der Waals surface area contributed by atoms with Crippen LogP contribution in [0.2, 0.25) is 0 Å². The third-order valence-electron chi connectivity index (χ3n) is 1.76. The number of halogens is 3. The summed E-state index contributed by atoms with van der Waals surface area (Å²) in [5, 5.41) is 8.42. The van der Waals surface area contributed by atoms with Gasteiger partial charge in [-0.25, -0.2) is 0 Å². The minimum Gasteiger partial charge on any atom is -0.394 e. The van der Waals surface area contributed by atoms with Gasteiger partial charge in [0.25, 0.3) is 0 Å². The molecule has 5 heteroatoms. The Balaban J connectivity index is 2.66. The average molecular weight is 220 g/mol. The van der Waals surface area contributed by atoms with E-state index in [4.69, 9.17) is 9.84 Å². The highest BCUT2D eigenvalue weighted by atomic mass is 19.4. The summed E-state index contributed by atoms with van der Waals surface area (Å²) in [5.41, 5.74) is -0.245. The minimum atomic E-state index is -4.33. The first kappa shape index (κ1) is 12.0. The molecule has 0 saturated carbocycles. The molecule has 0 unspecified atom stereocenters. The van der Waals surface area contributed by atoms with E-state index in [-0.39, 0.29) is 19.8 Å². The molecule has 84 valence electrons. The van der Waals surface area contributed by atoms with Crippen molar-refractivity contribution in [1.82, 2.24) is 0 Å². The Morgan fingerprint density at radius 1 is 1.27 bits per heavy atom. The quantitative estimate of drug-likeness (QED) is 0.788. The number of rotatable bonds is 4. The van der Waals surface area contributed by atoms with E-state index in [0.29, 0.717) is 5.56 Å². The van der Waals surface area contributed by atoms with Crippen LogP contribution in [0.4, 0.5) is 13.2 Å². The summed E-state index contributed by atoms with van der Waals surface area (Å²) in [7, 11) is 0. The minimum absolute atomic E-state index is 0.0739. The molecule has 2 nitrogen and oxygen atoms in total. The summed E-state index contributed by atoms with van der Waals surface area (Å²) in [6, 6.07) is 4.93. The molecule has 0 aliphatic carbocycles. The largest absolute Gasteiger partial charge is 0.416 e. The van der Waals surface area contributed by atoms with Crippen molar-refractivity contribution < 1.29 is 23.0 Å². The lowest BCUT2D eigenvalue weighted by Crippen LogP contribution is -2.06. The third kappa shape index (κ3) is 3.89. The molecule has 0 atom stereocenters. The zero-order chi connectivity index (χ0) is 11.3. The first-order chi connectivity index (χ1) is 7.04. The van der Waals surface area contributed by atoms with Gasteiger partial charge in [-0.1, -0.05) is 12.1 Å². The molecule has 0 bridgehead atoms. The van der Waals surface area contributed by atoms with Crippen molar-refractivity contribution in [3.05, 3.63) is 35.4 Å². The highest BCUT2D eigenvalue weighted by molar-refractivity contribution is 5.25. The van der Waals surface area contributed by atoms with Crippen LogP contribution in [0.3, 0.4) is 0 Å². The van der Waals surface area contributed by atoms with Gasteiger partial charge in [-0.15, -0.1) is 0 Å². The fourth-order valence-electron chi connectivity index (χ4n) is 1.09. The van der Waals surface area contributed by atoms with Crippen molar-refractivity contribution in [2.45, 2.75) is 12.8 Å². The van der Waals surface area contributed by atoms with Crippen LogP contribution in [0, 0.1) is 0 Å². The molecular formula is C10H11F3O2. The summed E-state index contributed by atoms with van der Waals surface area (Å²) in [5.74, 6) is 0. The first-order valence-electron chi connectivity index (χ1n) is 4.39. The number of alkyl halides is 3. The molecule has 1 N–H and O–H groups in total. The van der Waals surface area contributed by atoms with E-state index < -0.39 is 11.7 Å². The fraction of sp³-hybridized carbons (Fsp3) is 0.400. The van der Waals surface area contributed by atoms with Gasteiger partial charge in [0.15, 0.2) is 0 Å². The Morgan fingerprint density at radius 3 is 2.60 bits per heavy atom. The van der Waals surface area contributed by atoms with Crippen LogP contribution in [0.25, 0.3) is 0 Å². The van der Waals surface area contributed by atoms with Crippen LogP contribution >= 0.6 is 0 Å². The maximum atomic E-state index is 12.3. The lowest BCUT2D eigenvalue weighted by atomic mass is 10.1. The van der Waals surface area contributed by atoms with E-state index in [1.54, 1.807) is 6.07 Å². The summed E-state index contributed by atoms with van der Waals surface area (Å²) < 4.78 is 41.7. The molecule has 0 heterocycles. The molecular weight excluding hydrogens is 209 g/mol. The monoisotopic (exact) mass is 220 g/mol. The molecule has 0 aliphatic heterocycles. The van der Waals surface area contributed by atoms with Crippen molar-refractivity contribution in [3.8, 4) is 0 Å². The second-order valence-electron chi connectivity index (χ2n) is 2.97. The van der Waals surface area contributed by atoms with Gasteiger partial charge in [0, 0.05) is 0 Å². The molecule has 1 aromatic carbocycles. The van der Waals surface area contributed by atoms with Crippen LogP contribution in [-0.2, 0) is 17.5 Å². The van der Waals surface area contributed by atoms with E-state index in [9.17, 15) is 13.2 Å². The van der Waals surface area contributed by atoms with Crippen LogP contribution in [0.15, 0.2) is 24.3 Å². The van der Waals surface area contributed by atoms with Gasteiger partial charge in [-0.2, -0.15) is 13.2 Å². The fourth-order valence-corrected chi connectivity index (χ4v) is 1.09. The van der Waals surface area contributed by atoms with Gasteiger partial charge in [0.1, 0.15) is 0 Å². The second kappa shape index (κ2) is 5.14. The number of aliphatic hydroxyl groups excluding tert-OH is 1. The van der Waals surface area contributed by atoms with E-state index in [0.717, 1.165) is 12.1 Å². The smallest absolute Gasteiger partial charge is 0.394 e. The summed E-state index contributed by atoms with van der Waals surface area (Å²) >= 11 is 0. The Labute approximate surface area is 85.3 Å². The van der Waals surface area contributed by atoms with Crippen molar-refractivity contribution in [2.75, 3.05) is 13.2 Å². The van der Waals surface area contributed by atoms with Crippen LogP contribution in [0.5, 0.6) is 0 Å². The third-order valence-corrected chi connectivity index (χ3v) is 1.76. The zero-order valence-corrected chi connectivity index (χ0v) is 7.92. The van der Waals surface area contributed by atoms with E-state index >= 15 is 0 Å². The number of hydrogen-bond donors (Lipinski definition) is 1. The van der Waals surface area contributed by atoms with Gasteiger partial charge in [0.05, 0.1) is 25.4 Å². The van der Waals surface area contributed by atoms with Gasteiger partial charge in [0.2, 0.25) is 0 Å². The normalized spacial score (nSPS) is 11.7. The number of aliphatic hydroxyl groups is 1. The topological polar surface area (TPSA) is 29.5 Å². The molecule has 0 amide bonds. The second-order valence-corrected chi connectivity index (χ2v) is 2.97. The summed E-state index contributed by atoms with van der Waals surface area (Å²) in [6.07, 6.45) is -4.33. The first-order valence-corrected chi connectivity index (χ1v) is 4.39. The van der Waals surface area contributed by atoms with Crippen molar-refractivity contribution in [3.63, 3.8) is 0 Å². The van der Waals surface area contributed by atoms with E-state index in [2.05, 4.69) is 0 Å².